The summed E-state index contributed by atoms with van der Waals surface area (Å²) in [5, 5.41) is 0. The largest absolute Gasteiger partial charge is 0.497 e. The van der Waals surface area contributed by atoms with Crippen LogP contribution < -0.4 is 4.74 Å². The third-order valence-corrected chi connectivity index (χ3v) is 4.54. The Labute approximate surface area is 118 Å². The monoisotopic (exact) mass is 276 g/mol. The number of hydrogen-bond donors (Lipinski definition) is 1. The Morgan fingerprint density at radius 2 is 2.16 bits per heavy atom. The van der Waals surface area contributed by atoms with Gasteiger partial charge >= 0.3 is 0 Å². The zero-order chi connectivity index (χ0) is 13.2. The molecular weight excluding hydrogens is 256 g/mol. The van der Waals surface area contributed by atoms with Crippen LogP contribution in [-0.4, -0.2) is 16.7 Å². The number of aryl methyl sites for hydroxylation is 1. The molecule has 0 atom stereocenters. The highest BCUT2D eigenvalue weighted by Gasteiger charge is 2.15. The van der Waals surface area contributed by atoms with E-state index in [1.165, 1.54) is 32.1 Å². The van der Waals surface area contributed by atoms with Gasteiger partial charge in [-0.15, -0.1) is 0 Å². The fourth-order valence-electron chi connectivity index (χ4n) is 3.09. The normalized spacial score (nSPS) is 16.3. The van der Waals surface area contributed by atoms with Crippen molar-refractivity contribution in [2.45, 2.75) is 38.6 Å². The van der Waals surface area contributed by atoms with Crippen molar-refractivity contribution in [3.63, 3.8) is 0 Å². The Bertz CT molecular complexity index is 623. The molecule has 19 heavy (non-hydrogen) atoms. The number of rotatable bonds is 4. The quantitative estimate of drug-likeness (QED) is 0.844. The highest BCUT2D eigenvalue weighted by atomic mass is 32.1. The maximum Gasteiger partial charge on any atom is 0.178 e. The van der Waals surface area contributed by atoms with Crippen LogP contribution in [-0.2, 0) is 6.54 Å². The number of hydrogen-bond acceptors (Lipinski definition) is 2. The van der Waals surface area contributed by atoms with Crippen molar-refractivity contribution in [3.05, 3.63) is 23.0 Å². The second kappa shape index (κ2) is 5.37. The first-order valence-electron chi connectivity index (χ1n) is 7.04. The van der Waals surface area contributed by atoms with E-state index in [9.17, 15) is 0 Å². The van der Waals surface area contributed by atoms with E-state index < -0.39 is 0 Å². The number of nitrogens with one attached hydrogen (secondary N) is 1. The van der Waals surface area contributed by atoms with E-state index in [-0.39, 0.29) is 0 Å². The Morgan fingerprint density at radius 3 is 2.89 bits per heavy atom. The summed E-state index contributed by atoms with van der Waals surface area (Å²) >= 11 is 5.44. The van der Waals surface area contributed by atoms with Crippen LogP contribution in [0.4, 0.5) is 0 Å². The molecule has 102 valence electrons. The third kappa shape index (κ3) is 2.54. The van der Waals surface area contributed by atoms with Gasteiger partial charge in [0.05, 0.1) is 18.1 Å². The molecule has 2 aromatic rings. The van der Waals surface area contributed by atoms with E-state index in [0.29, 0.717) is 0 Å². The Kier molecular flexibility index (Phi) is 3.60. The molecule has 1 heterocycles. The summed E-state index contributed by atoms with van der Waals surface area (Å²) in [6.07, 6.45) is 6.81. The molecule has 1 aliphatic rings. The van der Waals surface area contributed by atoms with Crippen molar-refractivity contribution in [1.29, 1.82) is 0 Å². The van der Waals surface area contributed by atoms with Gasteiger partial charge in [-0.1, -0.05) is 25.7 Å². The van der Waals surface area contributed by atoms with Gasteiger partial charge in [0.2, 0.25) is 0 Å². The SMILES string of the molecule is COc1ccc2[nH]c(=S)n(CCC3CCCC3)c2c1. The lowest BCUT2D eigenvalue weighted by Crippen LogP contribution is -2.03. The van der Waals surface area contributed by atoms with Gasteiger partial charge < -0.3 is 14.3 Å². The molecule has 1 aromatic carbocycles. The van der Waals surface area contributed by atoms with Crippen LogP contribution in [0.15, 0.2) is 18.2 Å². The van der Waals surface area contributed by atoms with Gasteiger partial charge in [0.25, 0.3) is 0 Å². The van der Waals surface area contributed by atoms with Gasteiger partial charge in [0, 0.05) is 12.6 Å². The van der Waals surface area contributed by atoms with E-state index in [2.05, 4.69) is 15.6 Å². The van der Waals surface area contributed by atoms with Crippen LogP contribution in [0, 0.1) is 10.7 Å². The van der Waals surface area contributed by atoms with Gasteiger partial charge in [-0.25, -0.2) is 0 Å². The standard InChI is InChI=1S/C15H20N2OS/c1-18-12-6-7-13-14(10-12)17(15(19)16-13)9-8-11-4-2-3-5-11/h6-7,10-11H,2-5,8-9H2,1H3,(H,16,19). The Hall–Kier alpha value is -1.29. The summed E-state index contributed by atoms with van der Waals surface area (Å²) in [5.74, 6) is 1.77. The first-order valence-corrected chi connectivity index (χ1v) is 7.45. The van der Waals surface area contributed by atoms with E-state index in [0.717, 1.165) is 34.0 Å². The van der Waals surface area contributed by atoms with Gasteiger partial charge in [0.1, 0.15) is 5.75 Å². The summed E-state index contributed by atoms with van der Waals surface area (Å²) < 4.78 is 8.34. The number of ether oxygens (including phenoxy) is 1. The maximum atomic E-state index is 5.44. The average Bonchev–Trinajstić information content (AvgIpc) is 3.03. The molecular formula is C15H20N2OS. The summed E-state index contributed by atoms with van der Waals surface area (Å²) in [4.78, 5) is 3.28. The fraction of sp³-hybridized carbons (Fsp3) is 0.533. The summed E-state index contributed by atoms with van der Waals surface area (Å²) in [6.45, 7) is 1.01. The lowest BCUT2D eigenvalue weighted by Gasteiger charge is -2.10. The molecule has 3 nitrogen and oxygen atoms in total. The molecule has 1 aromatic heterocycles. The molecule has 1 fully saturated rings. The van der Waals surface area contributed by atoms with Crippen molar-refractivity contribution in [3.8, 4) is 5.75 Å². The van der Waals surface area contributed by atoms with Gasteiger partial charge in [-0.05, 0) is 36.7 Å². The van der Waals surface area contributed by atoms with Crippen LogP contribution in [0.3, 0.4) is 0 Å². The predicted molar refractivity (Wildman–Crippen MR) is 80.2 cm³/mol. The maximum absolute atomic E-state index is 5.44. The number of imidazole rings is 1. The molecule has 0 radical (unpaired) electrons. The first-order chi connectivity index (χ1) is 9.28. The summed E-state index contributed by atoms with van der Waals surface area (Å²) in [6, 6.07) is 6.07. The number of benzene rings is 1. The van der Waals surface area contributed by atoms with E-state index in [1.54, 1.807) is 7.11 Å². The van der Waals surface area contributed by atoms with Gasteiger partial charge in [-0.2, -0.15) is 0 Å². The minimum Gasteiger partial charge on any atom is -0.497 e. The molecule has 1 saturated carbocycles. The van der Waals surface area contributed by atoms with E-state index in [1.807, 2.05) is 12.1 Å². The molecule has 3 rings (SSSR count). The van der Waals surface area contributed by atoms with Crippen LogP contribution in [0.5, 0.6) is 5.75 Å². The van der Waals surface area contributed by atoms with Gasteiger partial charge in [-0.3, -0.25) is 0 Å². The minimum absolute atomic E-state index is 0.821. The second-order valence-corrected chi connectivity index (χ2v) is 5.79. The van der Waals surface area contributed by atoms with Crippen LogP contribution >= 0.6 is 12.2 Å². The van der Waals surface area contributed by atoms with Crippen molar-refractivity contribution >= 4 is 23.3 Å². The molecule has 1 aliphatic carbocycles. The smallest absolute Gasteiger partial charge is 0.178 e. The van der Waals surface area contributed by atoms with Crippen molar-refractivity contribution in [2.75, 3.05) is 7.11 Å². The highest BCUT2D eigenvalue weighted by Crippen LogP contribution is 2.29. The van der Waals surface area contributed by atoms with Crippen molar-refractivity contribution in [2.24, 2.45) is 5.92 Å². The fourth-order valence-corrected chi connectivity index (χ4v) is 3.39. The molecule has 0 amide bonds. The number of fused-ring (bicyclic) bond motifs is 1. The molecule has 0 bridgehead atoms. The number of methoxy groups -OCH3 is 1. The lowest BCUT2D eigenvalue weighted by atomic mass is 10.0. The number of aromatic amines is 1. The Morgan fingerprint density at radius 1 is 1.37 bits per heavy atom. The molecule has 4 heteroatoms. The number of aromatic nitrogens is 2. The van der Waals surface area contributed by atoms with E-state index in [4.69, 9.17) is 17.0 Å². The minimum atomic E-state index is 0.821. The average molecular weight is 276 g/mol. The topological polar surface area (TPSA) is 29.9 Å². The third-order valence-electron chi connectivity index (χ3n) is 4.22. The van der Waals surface area contributed by atoms with Crippen LogP contribution in [0.25, 0.3) is 11.0 Å². The van der Waals surface area contributed by atoms with Gasteiger partial charge in [0.15, 0.2) is 4.77 Å². The summed E-state index contributed by atoms with van der Waals surface area (Å²) in [5.41, 5.74) is 2.25. The molecule has 0 unspecified atom stereocenters. The van der Waals surface area contributed by atoms with Crippen molar-refractivity contribution < 1.29 is 4.74 Å². The van der Waals surface area contributed by atoms with Crippen molar-refractivity contribution in [1.82, 2.24) is 9.55 Å². The zero-order valence-electron chi connectivity index (χ0n) is 11.3. The molecule has 0 spiro atoms. The number of nitrogens with zero attached hydrogens (tertiary/aromatic N) is 1. The number of H-pyrrole nitrogens is 1. The molecule has 1 N–H and O–H groups in total. The second-order valence-electron chi connectivity index (χ2n) is 5.40. The Balaban J connectivity index is 1.88. The first kappa shape index (κ1) is 12.7. The summed E-state index contributed by atoms with van der Waals surface area (Å²) in [7, 11) is 1.70. The van der Waals surface area contributed by atoms with Crippen LogP contribution in [0.2, 0.25) is 0 Å². The molecule has 0 saturated heterocycles. The zero-order valence-corrected chi connectivity index (χ0v) is 12.1. The highest BCUT2D eigenvalue weighted by molar-refractivity contribution is 7.71. The lowest BCUT2D eigenvalue weighted by molar-refractivity contribution is 0.415. The predicted octanol–water partition coefficient (Wildman–Crippen LogP) is 4.29. The van der Waals surface area contributed by atoms with E-state index >= 15 is 0 Å². The molecule has 0 aliphatic heterocycles. The van der Waals surface area contributed by atoms with Crippen LogP contribution in [0.1, 0.15) is 32.1 Å².